The van der Waals surface area contributed by atoms with Crippen molar-refractivity contribution < 1.29 is 27.9 Å². The second-order valence-electron chi connectivity index (χ2n) is 13.7. The van der Waals surface area contributed by atoms with Gasteiger partial charge in [-0.1, -0.05) is 51.1 Å². The summed E-state index contributed by atoms with van der Waals surface area (Å²) in [6.07, 6.45) is 5.55. The topological polar surface area (TPSA) is 122 Å². The second kappa shape index (κ2) is 15.1. The molecule has 1 heterocycles. The van der Waals surface area contributed by atoms with Gasteiger partial charge in [-0.05, 0) is 81.7 Å². The molecule has 1 aromatic heterocycles. The highest BCUT2D eigenvalue weighted by atomic mass is 19.1. The highest BCUT2D eigenvalue weighted by Gasteiger charge is 2.62. The number of benzene rings is 2. The zero-order valence-electron chi connectivity index (χ0n) is 29.0. The van der Waals surface area contributed by atoms with E-state index in [1.54, 1.807) is 17.9 Å². The number of aromatic nitrogens is 1. The molecule has 0 fully saturated rings. The van der Waals surface area contributed by atoms with Crippen molar-refractivity contribution in [2.45, 2.75) is 97.2 Å². The van der Waals surface area contributed by atoms with Crippen LogP contribution in [0.3, 0.4) is 0 Å². The maximum absolute atomic E-state index is 15.4. The number of aliphatic hydroxyl groups is 1. The number of oxazole rings is 1. The van der Waals surface area contributed by atoms with E-state index in [4.69, 9.17) is 10.2 Å². The number of hydrogen-bond acceptors (Lipinski definition) is 6. The van der Waals surface area contributed by atoms with Gasteiger partial charge in [0.2, 0.25) is 17.7 Å². The van der Waals surface area contributed by atoms with E-state index in [-0.39, 0.29) is 36.6 Å². The van der Waals surface area contributed by atoms with E-state index < -0.39 is 46.1 Å². The predicted octanol–water partition coefficient (Wildman–Crippen LogP) is 6.32. The Balaban J connectivity index is 2.10. The lowest BCUT2D eigenvalue weighted by atomic mass is 9.54. The van der Waals surface area contributed by atoms with Crippen LogP contribution in [0.25, 0.3) is 5.57 Å². The van der Waals surface area contributed by atoms with Gasteiger partial charge in [0.25, 0.3) is 0 Å². The van der Waals surface area contributed by atoms with E-state index in [1.165, 1.54) is 12.5 Å². The Bertz CT molecular complexity index is 1580. The average Bonchev–Trinajstić information content (AvgIpc) is 3.56. The van der Waals surface area contributed by atoms with Crippen LogP contribution in [0.15, 0.2) is 65.4 Å². The fraction of sp³-hybridized carbons (Fsp3) is 0.500. The third kappa shape index (κ3) is 7.70. The Kier molecular flexibility index (Phi) is 11.6. The summed E-state index contributed by atoms with van der Waals surface area (Å²) in [4.78, 5) is 35.7. The Morgan fingerprint density at radius 1 is 1.10 bits per heavy atom. The molecule has 0 saturated heterocycles. The summed E-state index contributed by atoms with van der Waals surface area (Å²) in [6.45, 7) is 12.5. The lowest BCUT2D eigenvalue weighted by molar-refractivity contribution is -0.149. The average molecular weight is 665 g/mol. The van der Waals surface area contributed by atoms with Crippen LogP contribution in [-0.2, 0) is 28.0 Å². The molecular weight excluding hydrogens is 614 g/mol. The Morgan fingerprint density at radius 3 is 2.31 bits per heavy atom. The summed E-state index contributed by atoms with van der Waals surface area (Å²) < 4.78 is 35.0. The van der Waals surface area contributed by atoms with Crippen LogP contribution in [0.5, 0.6) is 0 Å². The molecule has 2 amide bonds. The van der Waals surface area contributed by atoms with Gasteiger partial charge in [0.1, 0.15) is 23.4 Å². The quantitative estimate of drug-likeness (QED) is 0.175. The van der Waals surface area contributed by atoms with E-state index in [2.05, 4.69) is 23.3 Å². The fourth-order valence-corrected chi connectivity index (χ4v) is 7.51. The maximum Gasteiger partial charge on any atom is 0.243 e. The third-order valence-electron chi connectivity index (χ3n) is 9.53. The van der Waals surface area contributed by atoms with Gasteiger partial charge in [-0.15, -0.1) is 0 Å². The maximum atomic E-state index is 15.4. The molecule has 4 N–H and O–H groups in total. The molecular formula is C38H50F2N4O4. The molecule has 0 radical (unpaired) electrons. The molecule has 4 rings (SSSR count). The molecule has 0 bridgehead atoms. The lowest BCUT2D eigenvalue weighted by Crippen LogP contribution is -2.72. The first-order valence-electron chi connectivity index (χ1n) is 16.9. The number of hydrogen-bond donors (Lipinski definition) is 3. The SMILES string of the molecule is CCCN(CCC)C(=O)C1(NC(C)(C)c2cccc(CC)c2)CC(c2ncco2)=C[C@](Cc2cc(F)cc(F)c2)(C(N)=O)[C@H]1CC(C)O. The van der Waals surface area contributed by atoms with Crippen molar-refractivity contribution in [3.63, 3.8) is 0 Å². The minimum atomic E-state index is -1.71. The van der Waals surface area contributed by atoms with Gasteiger partial charge < -0.3 is 20.2 Å². The van der Waals surface area contributed by atoms with Crippen molar-refractivity contribution in [2.24, 2.45) is 17.1 Å². The fourth-order valence-electron chi connectivity index (χ4n) is 7.51. The number of aliphatic hydroxyl groups excluding tert-OH is 1. The molecule has 0 saturated carbocycles. The van der Waals surface area contributed by atoms with Crippen LogP contribution in [0.2, 0.25) is 0 Å². The highest BCUT2D eigenvalue weighted by molar-refractivity contribution is 5.95. The largest absolute Gasteiger partial charge is 0.445 e. The molecule has 48 heavy (non-hydrogen) atoms. The van der Waals surface area contributed by atoms with Gasteiger partial charge in [0.15, 0.2) is 0 Å². The van der Waals surface area contributed by atoms with Gasteiger partial charge in [-0.25, -0.2) is 13.8 Å². The van der Waals surface area contributed by atoms with Crippen molar-refractivity contribution in [3.8, 4) is 0 Å². The van der Waals surface area contributed by atoms with E-state index in [0.717, 1.165) is 35.7 Å². The van der Waals surface area contributed by atoms with Crippen molar-refractivity contribution in [3.05, 3.63) is 95.2 Å². The number of aryl methyl sites for hydroxylation is 1. The summed E-state index contributed by atoms with van der Waals surface area (Å²) in [7, 11) is 0. The van der Waals surface area contributed by atoms with Gasteiger partial charge in [-0.3, -0.25) is 14.9 Å². The number of rotatable bonds is 15. The van der Waals surface area contributed by atoms with Crippen molar-refractivity contribution in [1.82, 2.24) is 15.2 Å². The molecule has 8 nitrogen and oxygen atoms in total. The molecule has 10 heteroatoms. The smallest absolute Gasteiger partial charge is 0.243 e. The second-order valence-corrected chi connectivity index (χ2v) is 13.7. The number of nitrogens with zero attached hydrogens (tertiary/aromatic N) is 2. The summed E-state index contributed by atoms with van der Waals surface area (Å²) in [6, 6.07) is 11.2. The number of amides is 2. The first kappa shape index (κ1) is 36.9. The van der Waals surface area contributed by atoms with Crippen molar-refractivity contribution >= 4 is 17.4 Å². The number of nitrogens with two attached hydrogens (primary N) is 1. The number of nitrogens with one attached hydrogen (secondary N) is 1. The Hall–Kier alpha value is -3.89. The van der Waals surface area contributed by atoms with Crippen molar-refractivity contribution in [1.29, 1.82) is 0 Å². The standard InChI is InChI=1S/C38H50F2N4O4/c1-7-14-44(15-8-2)35(47)38(43-36(5,6)29-12-10-11-26(9-3)18-29)24-28(33-42-13-16-48-33)23-37(34(41)46,32(38)17-25(4)45)22-27-19-30(39)21-31(40)20-27/h10-13,16,18-21,23,25,32,43,45H,7-9,14-15,17,22,24H2,1-6H3,(H2,41,46)/t25?,32-,37+,38?/m1/s1. The zero-order valence-corrected chi connectivity index (χ0v) is 29.0. The van der Waals surface area contributed by atoms with Gasteiger partial charge >= 0.3 is 0 Å². The molecule has 260 valence electrons. The first-order chi connectivity index (χ1) is 22.7. The molecule has 1 aliphatic rings. The predicted molar refractivity (Wildman–Crippen MR) is 182 cm³/mol. The first-order valence-corrected chi connectivity index (χ1v) is 16.9. The number of primary amides is 1. The molecule has 1 aliphatic carbocycles. The summed E-state index contributed by atoms with van der Waals surface area (Å²) >= 11 is 0. The van der Waals surface area contributed by atoms with Crippen LogP contribution in [0.1, 0.15) is 89.8 Å². The number of carbonyl (C=O) groups is 2. The minimum Gasteiger partial charge on any atom is -0.445 e. The van der Waals surface area contributed by atoms with E-state index in [9.17, 15) is 18.7 Å². The molecule has 2 aromatic carbocycles. The molecule has 4 atom stereocenters. The number of carbonyl (C=O) groups excluding carboxylic acids is 2. The summed E-state index contributed by atoms with van der Waals surface area (Å²) in [5.41, 5.74) is 4.92. The minimum absolute atomic E-state index is 0.0218. The Labute approximate surface area is 282 Å². The lowest BCUT2D eigenvalue weighted by Gasteiger charge is -2.55. The molecule has 2 unspecified atom stereocenters. The van der Waals surface area contributed by atoms with Crippen LogP contribution >= 0.6 is 0 Å². The molecule has 0 aliphatic heterocycles. The molecule has 3 aromatic rings. The van der Waals surface area contributed by atoms with Gasteiger partial charge in [0.05, 0.1) is 17.7 Å². The highest BCUT2D eigenvalue weighted by Crippen LogP contribution is 2.53. The van der Waals surface area contributed by atoms with Crippen LogP contribution < -0.4 is 11.1 Å². The Morgan fingerprint density at radius 2 is 1.77 bits per heavy atom. The molecule has 0 spiro atoms. The zero-order chi connectivity index (χ0) is 35.3. The van der Waals surface area contributed by atoms with Crippen LogP contribution in [-0.4, -0.2) is 51.5 Å². The summed E-state index contributed by atoms with van der Waals surface area (Å²) in [5.74, 6) is -3.44. The monoisotopic (exact) mass is 664 g/mol. The van der Waals surface area contributed by atoms with Crippen LogP contribution in [0, 0.1) is 23.0 Å². The van der Waals surface area contributed by atoms with E-state index in [1.807, 2.05) is 45.9 Å². The van der Waals surface area contributed by atoms with Gasteiger partial charge in [0, 0.05) is 42.6 Å². The van der Waals surface area contributed by atoms with E-state index >= 15 is 4.79 Å². The number of halogens is 2. The summed E-state index contributed by atoms with van der Waals surface area (Å²) in [5, 5.41) is 14.9. The van der Waals surface area contributed by atoms with Gasteiger partial charge in [-0.2, -0.15) is 0 Å². The third-order valence-corrected chi connectivity index (χ3v) is 9.53. The normalized spacial score (nSPS) is 21.9. The van der Waals surface area contributed by atoms with Crippen LogP contribution in [0.4, 0.5) is 8.78 Å². The van der Waals surface area contributed by atoms with E-state index in [0.29, 0.717) is 31.5 Å². The van der Waals surface area contributed by atoms with Crippen molar-refractivity contribution in [2.75, 3.05) is 13.1 Å².